The first-order valence-electron chi connectivity index (χ1n) is 8.67. The van der Waals surface area contributed by atoms with Crippen LogP contribution in [0.2, 0.25) is 5.02 Å². The SMILES string of the molecule is COCCn1c(=NC(=O)c2ccc(N(C)C)cc2)sc2c(Cl)ccc(OC)c21. The highest BCUT2D eigenvalue weighted by molar-refractivity contribution is 7.17. The minimum Gasteiger partial charge on any atom is -0.495 e. The van der Waals surface area contributed by atoms with Crippen molar-refractivity contribution in [3.63, 3.8) is 0 Å². The molecular weight excluding hydrogens is 398 g/mol. The Morgan fingerprint density at radius 1 is 1.18 bits per heavy atom. The van der Waals surface area contributed by atoms with Crippen LogP contribution in [0, 0.1) is 0 Å². The van der Waals surface area contributed by atoms with E-state index >= 15 is 0 Å². The maximum atomic E-state index is 12.8. The number of ether oxygens (including phenoxy) is 2. The molecule has 0 N–H and O–H groups in total. The summed E-state index contributed by atoms with van der Waals surface area (Å²) in [5.41, 5.74) is 2.36. The lowest BCUT2D eigenvalue weighted by molar-refractivity contribution is 0.0997. The van der Waals surface area contributed by atoms with Gasteiger partial charge in [-0.15, -0.1) is 0 Å². The monoisotopic (exact) mass is 419 g/mol. The zero-order valence-corrected chi connectivity index (χ0v) is 17.8. The Bertz CT molecular complexity index is 1050. The Labute approximate surface area is 172 Å². The van der Waals surface area contributed by atoms with Gasteiger partial charge in [-0.25, -0.2) is 0 Å². The number of methoxy groups -OCH3 is 2. The number of thiazole rings is 1. The van der Waals surface area contributed by atoms with Gasteiger partial charge in [0.2, 0.25) is 0 Å². The lowest BCUT2D eigenvalue weighted by Crippen LogP contribution is -2.19. The number of hydrogen-bond acceptors (Lipinski definition) is 5. The number of hydrogen-bond donors (Lipinski definition) is 0. The third-order valence-electron chi connectivity index (χ3n) is 4.31. The van der Waals surface area contributed by atoms with Gasteiger partial charge < -0.3 is 18.9 Å². The van der Waals surface area contributed by atoms with Gasteiger partial charge in [0.25, 0.3) is 5.91 Å². The summed E-state index contributed by atoms with van der Waals surface area (Å²) in [6.45, 7) is 0.999. The van der Waals surface area contributed by atoms with Crippen molar-refractivity contribution < 1.29 is 14.3 Å². The highest BCUT2D eigenvalue weighted by Crippen LogP contribution is 2.33. The Morgan fingerprint density at radius 3 is 2.50 bits per heavy atom. The summed E-state index contributed by atoms with van der Waals surface area (Å²) in [6.07, 6.45) is 0. The van der Waals surface area contributed by atoms with E-state index in [1.165, 1.54) is 11.3 Å². The van der Waals surface area contributed by atoms with Crippen LogP contribution in [-0.2, 0) is 11.3 Å². The van der Waals surface area contributed by atoms with E-state index in [9.17, 15) is 4.79 Å². The Balaban J connectivity index is 2.12. The van der Waals surface area contributed by atoms with E-state index in [2.05, 4.69) is 4.99 Å². The van der Waals surface area contributed by atoms with Gasteiger partial charge in [0, 0.05) is 39.0 Å². The first-order chi connectivity index (χ1) is 13.5. The topological polar surface area (TPSA) is 56.1 Å². The number of benzene rings is 2. The van der Waals surface area contributed by atoms with Crippen LogP contribution in [0.25, 0.3) is 10.2 Å². The van der Waals surface area contributed by atoms with Gasteiger partial charge >= 0.3 is 0 Å². The van der Waals surface area contributed by atoms with Gasteiger partial charge in [0.1, 0.15) is 11.3 Å². The van der Waals surface area contributed by atoms with Crippen LogP contribution in [0.3, 0.4) is 0 Å². The van der Waals surface area contributed by atoms with Crippen molar-refractivity contribution in [1.29, 1.82) is 0 Å². The van der Waals surface area contributed by atoms with Gasteiger partial charge in [-0.1, -0.05) is 22.9 Å². The molecule has 0 radical (unpaired) electrons. The van der Waals surface area contributed by atoms with Crippen LogP contribution in [0.1, 0.15) is 10.4 Å². The van der Waals surface area contributed by atoms with E-state index in [1.54, 1.807) is 32.4 Å². The first-order valence-corrected chi connectivity index (χ1v) is 9.87. The fourth-order valence-corrected chi connectivity index (χ4v) is 4.16. The maximum absolute atomic E-state index is 12.8. The van der Waals surface area contributed by atoms with Crippen molar-refractivity contribution in [2.75, 3.05) is 39.8 Å². The average molecular weight is 420 g/mol. The maximum Gasteiger partial charge on any atom is 0.279 e. The molecule has 0 spiro atoms. The Kier molecular flexibility index (Phi) is 6.39. The smallest absolute Gasteiger partial charge is 0.279 e. The minimum atomic E-state index is -0.307. The lowest BCUT2D eigenvalue weighted by Gasteiger charge is -2.11. The standard InChI is InChI=1S/C20H22ClN3O3S/c1-23(2)14-7-5-13(6-8-14)19(25)22-20-24(11-12-26-3)17-16(27-4)10-9-15(21)18(17)28-20/h5-10H,11-12H2,1-4H3. The number of amides is 1. The molecule has 2 aromatic carbocycles. The van der Waals surface area contributed by atoms with Crippen LogP contribution >= 0.6 is 22.9 Å². The van der Waals surface area contributed by atoms with Gasteiger partial charge in [-0.2, -0.15) is 4.99 Å². The summed E-state index contributed by atoms with van der Waals surface area (Å²) < 4.78 is 13.5. The molecule has 6 nitrogen and oxygen atoms in total. The number of fused-ring (bicyclic) bond motifs is 1. The molecular formula is C20H22ClN3O3S. The molecule has 1 amide bonds. The van der Waals surface area contributed by atoms with Gasteiger partial charge in [-0.05, 0) is 36.4 Å². The van der Waals surface area contributed by atoms with E-state index in [0.29, 0.717) is 34.3 Å². The molecule has 0 bridgehead atoms. The number of aromatic nitrogens is 1. The molecule has 0 saturated carbocycles. The predicted molar refractivity (Wildman–Crippen MR) is 114 cm³/mol. The van der Waals surface area contributed by atoms with Crippen molar-refractivity contribution >= 4 is 44.7 Å². The third-order valence-corrected chi connectivity index (χ3v) is 5.85. The Morgan fingerprint density at radius 2 is 1.89 bits per heavy atom. The van der Waals surface area contributed by atoms with Crippen LogP contribution in [0.5, 0.6) is 5.75 Å². The van der Waals surface area contributed by atoms with Gasteiger partial charge in [-0.3, -0.25) is 4.79 Å². The van der Waals surface area contributed by atoms with E-state index in [4.69, 9.17) is 21.1 Å². The first kappa shape index (κ1) is 20.4. The molecule has 0 saturated heterocycles. The summed E-state index contributed by atoms with van der Waals surface area (Å²) in [5, 5.41) is 0.594. The predicted octanol–water partition coefficient (Wildman–Crippen LogP) is 3.82. The average Bonchev–Trinajstić information content (AvgIpc) is 3.05. The van der Waals surface area contributed by atoms with E-state index in [-0.39, 0.29) is 5.91 Å². The van der Waals surface area contributed by atoms with Crippen LogP contribution < -0.4 is 14.4 Å². The minimum absolute atomic E-state index is 0.307. The molecule has 1 heterocycles. The van der Waals surface area contributed by atoms with E-state index in [0.717, 1.165) is 15.9 Å². The van der Waals surface area contributed by atoms with Crippen LogP contribution in [-0.4, -0.2) is 45.4 Å². The normalized spacial score (nSPS) is 11.8. The molecule has 3 aromatic rings. The van der Waals surface area contributed by atoms with E-state index in [1.807, 2.05) is 41.8 Å². The second kappa shape index (κ2) is 8.77. The zero-order valence-electron chi connectivity index (χ0n) is 16.2. The van der Waals surface area contributed by atoms with Crippen molar-refractivity contribution in [2.45, 2.75) is 6.54 Å². The Hall–Kier alpha value is -2.35. The molecule has 3 rings (SSSR count). The molecule has 0 unspecified atom stereocenters. The lowest BCUT2D eigenvalue weighted by atomic mass is 10.2. The highest BCUT2D eigenvalue weighted by atomic mass is 35.5. The third kappa shape index (κ3) is 4.06. The number of anilines is 1. The number of carbonyl (C=O) groups excluding carboxylic acids is 1. The quantitative estimate of drug-likeness (QED) is 0.609. The van der Waals surface area contributed by atoms with E-state index < -0.39 is 0 Å². The highest BCUT2D eigenvalue weighted by Gasteiger charge is 2.15. The number of nitrogens with zero attached hydrogens (tertiary/aromatic N) is 3. The number of rotatable bonds is 6. The summed E-state index contributed by atoms with van der Waals surface area (Å²) in [5.74, 6) is 0.370. The van der Waals surface area contributed by atoms with Crippen molar-refractivity contribution in [3.8, 4) is 5.75 Å². The largest absolute Gasteiger partial charge is 0.495 e. The molecule has 0 aliphatic heterocycles. The van der Waals surface area contributed by atoms with Gasteiger partial charge in [0.05, 0.1) is 23.4 Å². The van der Waals surface area contributed by atoms with Crippen molar-refractivity contribution in [2.24, 2.45) is 4.99 Å². The summed E-state index contributed by atoms with van der Waals surface area (Å²) in [4.78, 5) is 19.7. The summed E-state index contributed by atoms with van der Waals surface area (Å²) in [7, 11) is 7.14. The summed E-state index contributed by atoms with van der Waals surface area (Å²) >= 11 is 7.75. The second-order valence-electron chi connectivity index (χ2n) is 6.31. The molecule has 0 atom stereocenters. The van der Waals surface area contributed by atoms with Crippen molar-refractivity contribution in [1.82, 2.24) is 4.57 Å². The second-order valence-corrected chi connectivity index (χ2v) is 7.70. The number of halogens is 1. The molecule has 0 aliphatic rings. The molecule has 28 heavy (non-hydrogen) atoms. The zero-order chi connectivity index (χ0) is 20.3. The summed E-state index contributed by atoms with van der Waals surface area (Å²) in [6, 6.07) is 10.9. The molecule has 1 aromatic heterocycles. The fourth-order valence-electron chi connectivity index (χ4n) is 2.81. The molecule has 8 heteroatoms. The van der Waals surface area contributed by atoms with Crippen LogP contribution in [0.4, 0.5) is 5.69 Å². The molecule has 0 aliphatic carbocycles. The number of carbonyl (C=O) groups is 1. The fraction of sp³-hybridized carbons (Fsp3) is 0.300. The van der Waals surface area contributed by atoms with Gasteiger partial charge in [0.15, 0.2) is 4.80 Å². The van der Waals surface area contributed by atoms with Crippen molar-refractivity contribution in [3.05, 3.63) is 51.8 Å². The van der Waals surface area contributed by atoms with Crippen LogP contribution in [0.15, 0.2) is 41.4 Å². The molecule has 148 valence electrons. The molecule has 0 fully saturated rings.